The average Bonchev–Trinajstić information content (AvgIpc) is 3.41. The number of hydrogen-bond acceptors (Lipinski definition) is 6. The monoisotopic (exact) mass is 882 g/mol. The molecule has 0 atom stereocenters. The normalized spacial score (nSPS) is 11.2. The van der Waals surface area contributed by atoms with Crippen LogP contribution in [0.3, 0.4) is 0 Å². The molecule has 0 saturated heterocycles. The molecular weight excluding hydrogens is 860 g/mol. The molecule has 0 N–H and O–H groups in total. The number of aromatic nitrogens is 5. The third-order valence-electron chi connectivity index (χ3n) is 7.02. The van der Waals surface area contributed by atoms with Gasteiger partial charge in [-0.25, -0.2) is 9.97 Å². The van der Waals surface area contributed by atoms with Crippen LogP contribution in [0.1, 0.15) is 2.74 Å². The average molecular weight is 883 g/mol. The summed E-state index contributed by atoms with van der Waals surface area (Å²) in [5.41, 5.74) is 4.12. The van der Waals surface area contributed by atoms with Crippen molar-refractivity contribution >= 4 is 21.8 Å². The molecule has 7 nitrogen and oxygen atoms in total. The van der Waals surface area contributed by atoms with Crippen molar-refractivity contribution in [1.82, 2.24) is 24.5 Å². The van der Waals surface area contributed by atoms with Crippen LogP contribution >= 0.6 is 0 Å². The van der Waals surface area contributed by atoms with Gasteiger partial charge in [0.1, 0.15) is 0 Å². The number of nitrogens with zero attached hydrogens (tertiary/aromatic N) is 5. The molecule has 4 aromatic heterocycles. The molecule has 0 bridgehead atoms. The third-order valence-corrected chi connectivity index (χ3v) is 7.02. The van der Waals surface area contributed by atoms with Gasteiger partial charge in [-0.1, -0.05) is 47.4 Å². The van der Waals surface area contributed by atoms with E-state index in [-0.39, 0.29) is 41.5 Å². The Balaban J connectivity index is 0.00000208. The van der Waals surface area contributed by atoms with Crippen molar-refractivity contribution in [3.05, 3.63) is 152 Å². The second-order valence-corrected chi connectivity index (χ2v) is 9.90. The molecule has 230 valence electrons. The van der Waals surface area contributed by atoms with Gasteiger partial charge in [0, 0.05) is 47.8 Å². The zero-order chi connectivity index (χ0) is 31.7. The fraction of sp³-hybridized carbons (Fsp3) is 0. The van der Waals surface area contributed by atoms with Gasteiger partial charge in [-0.05, 0) is 29.6 Å². The maximum absolute atomic E-state index is 7.93. The summed E-state index contributed by atoms with van der Waals surface area (Å²) in [5, 5.41) is 1.82. The molecule has 0 amide bonds. The molecule has 9 heteroatoms. The molecule has 47 heavy (non-hydrogen) atoms. The summed E-state index contributed by atoms with van der Waals surface area (Å²) in [7, 11) is 0. The number of ether oxygens (including phenoxy) is 2. The van der Waals surface area contributed by atoms with Crippen molar-refractivity contribution in [3.63, 3.8) is 0 Å². The Morgan fingerprint density at radius 1 is 0.511 bits per heavy atom. The molecule has 0 radical (unpaired) electrons. The summed E-state index contributed by atoms with van der Waals surface area (Å²) >= 11 is 0. The molecule has 4 heterocycles. The van der Waals surface area contributed by atoms with Gasteiger partial charge >= 0.3 is 41.5 Å². The smallest absolute Gasteiger partial charge is 0.503 e. The van der Waals surface area contributed by atoms with E-state index >= 15 is 0 Å². The first-order valence-corrected chi connectivity index (χ1v) is 14.0. The molecule has 0 aliphatic rings. The minimum Gasteiger partial charge on any atom is -0.503 e. The minimum absolute atomic E-state index is 0. The Morgan fingerprint density at radius 3 is 1.47 bits per heavy atom. The van der Waals surface area contributed by atoms with Crippen LogP contribution in [-0.4, -0.2) is 24.5 Å². The standard InChI is InChI=1S/C38H21N5O2.Pd.Pt/c1-3-18-39-34(12-1)26-8-5-10-28(22-26)44-30-14-16-32-33-17-15-31(25-37(33)43(36(32)24-30)38-41-20-7-21-42-38)45-29-11-6-9-27(23-29)35-13-2-4-19-40-35;;/h1-21H;;/q-4;2*+2/i1D,2D;;. The summed E-state index contributed by atoms with van der Waals surface area (Å²) in [6, 6.07) is 41.2. The largest absolute Gasteiger partial charge is 2.00 e. The second-order valence-electron chi connectivity index (χ2n) is 9.90. The van der Waals surface area contributed by atoms with Crippen LogP contribution in [0, 0.1) is 24.3 Å². The van der Waals surface area contributed by atoms with Crippen molar-refractivity contribution in [1.29, 1.82) is 0 Å². The third kappa shape index (κ3) is 6.63. The molecule has 0 spiro atoms. The van der Waals surface area contributed by atoms with Crippen molar-refractivity contribution in [2.45, 2.75) is 0 Å². The summed E-state index contributed by atoms with van der Waals surface area (Å²) < 4.78 is 30.2. The van der Waals surface area contributed by atoms with Crippen LogP contribution < -0.4 is 9.47 Å². The number of pyridine rings is 2. The molecule has 8 aromatic rings. The summed E-state index contributed by atoms with van der Waals surface area (Å²) in [5.74, 6) is 2.36. The van der Waals surface area contributed by atoms with E-state index in [0.29, 0.717) is 63.5 Å². The van der Waals surface area contributed by atoms with Crippen LogP contribution in [0.4, 0.5) is 0 Å². The summed E-state index contributed by atoms with van der Waals surface area (Å²) in [6.45, 7) is 0. The van der Waals surface area contributed by atoms with Gasteiger partial charge in [0.2, 0.25) is 5.95 Å². The van der Waals surface area contributed by atoms with E-state index in [1.165, 1.54) is 0 Å². The van der Waals surface area contributed by atoms with Crippen LogP contribution in [0.15, 0.2) is 128 Å². The van der Waals surface area contributed by atoms with Gasteiger partial charge in [0.05, 0.1) is 2.74 Å². The SMILES string of the molecule is [2H]c1ccnc(-c2[c-]c(Oc3[c-]c4c(cc3)c3ccc(Oc5[c-]c(-c6cc([2H])ccn6)ccc5)[c-]c3n4-c3ncccn3)ccc2)c1.[Pd+2].[Pt+2]. The van der Waals surface area contributed by atoms with E-state index < -0.39 is 0 Å². The van der Waals surface area contributed by atoms with E-state index in [1.54, 1.807) is 55.1 Å². The van der Waals surface area contributed by atoms with E-state index in [1.807, 2.05) is 65.2 Å². The van der Waals surface area contributed by atoms with Gasteiger partial charge in [0.15, 0.2) is 0 Å². The first-order chi connectivity index (χ1) is 23.1. The van der Waals surface area contributed by atoms with Crippen molar-refractivity contribution in [2.75, 3.05) is 0 Å². The quantitative estimate of drug-likeness (QED) is 0.118. The maximum Gasteiger partial charge on any atom is 2.00 e. The van der Waals surface area contributed by atoms with E-state index in [0.717, 1.165) is 21.9 Å². The Hall–Kier alpha value is -4.99. The molecule has 0 unspecified atom stereocenters. The predicted molar refractivity (Wildman–Crippen MR) is 171 cm³/mol. The summed E-state index contributed by atoms with van der Waals surface area (Å²) in [4.78, 5) is 17.8. The molecular formula is C38H21N5O2PdPt. The van der Waals surface area contributed by atoms with Crippen LogP contribution in [-0.2, 0) is 41.5 Å². The zero-order valence-electron chi connectivity index (χ0n) is 26.2. The molecule has 4 aromatic carbocycles. The van der Waals surface area contributed by atoms with Crippen molar-refractivity contribution < 1.29 is 53.7 Å². The van der Waals surface area contributed by atoms with Crippen molar-refractivity contribution in [2.24, 2.45) is 0 Å². The van der Waals surface area contributed by atoms with Gasteiger partial charge in [-0.2, -0.15) is 22.9 Å². The predicted octanol–water partition coefficient (Wildman–Crippen LogP) is 8.48. The molecule has 0 saturated carbocycles. The Labute approximate surface area is 302 Å². The van der Waals surface area contributed by atoms with Crippen LogP contribution in [0.25, 0.3) is 50.3 Å². The van der Waals surface area contributed by atoms with E-state index in [9.17, 15) is 0 Å². The minimum atomic E-state index is 0. The Kier molecular flexibility index (Phi) is 8.88. The van der Waals surface area contributed by atoms with Gasteiger partial charge in [-0.15, -0.1) is 71.8 Å². The van der Waals surface area contributed by atoms with Gasteiger partial charge in [-0.3, -0.25) is 0 Å². The number of fused-ring (bicyclic) bond motifs is 3. The Morgan fingerprint density at radius 2 is 0.979 bits per heavy atom. The van der Waals surface area contributed by atoms with Crippen molar-refractivity contribution in [3.8, 4) is 51.5 Å². The number of benzene rings is 4. The fourth-order valence-corrected chi connectivity index (χ4v) is 5.05. The molecule has 0 aliphatic carbocycles. The number of rotatable bonds is 7. The first-order valence-electron chi connectivity index (χ1n) is 15.0. The van der Waals surface area contributed by atoms with Gasteiger partial charge < -0.3 is 24.0 Å². The van der Waals surface area contributed by atoms with Gasteiger partial charge in [0.25, 0.3) is 0 Å². The van der Waals surface area contributed by atoms with Crippen LogP contribution in [0.5, 0.6) is 23.0 Å². The second kappa shape index (κ2) is 14.2. The fourth-order valence-electron chi connectivity index (χ4n) is 5.05. The molecule has 0 aliphatic heterocycles. The Bertz CT molecular complexity index is 2280. The van der Waals surface area contributed by atoms with Crippen LogP contribution in [0.2, 0.25) is 0 Å². The first kappa shape index (κ1) is 29.4. The van der Waals surface area contributed by atoms with E-state index in [4.69, 9.17) is 12.2 Å². The topological polar surface area (TPSA) is 75.0 Å². The number of hydrogen-bond donors (Lipinski definition) is 0. The van der Waals surface area contributed by atoms with E-state index in [2.05, 4.69) is 44.2 Å². The maximum atomic E-state index is 7.93. The zero-order valence-corrected chi connectivity index (χ0v) is 28.0. The summed E-state index contributed by atoms with van der Waals surface area (Å²) in [6.07, 6.45) is 6.57. The molecule has 0 fully saturated rings. The molecule has 8 rings (SSSR count).